The molecule has 1 N–H and O–H groups in total. The SMILES string of the molecule is Cc1ccc2c(c1C)NC(=O)[C@@]21[C@H]2C(=O)N(c3ccc([N+](=O)[O-])cc3Cl)C(=O)[C@@H]2[C@H]2CCCN21. The van der Waals surface area contributed by atoms with Gasteiger partial charge in [0.15, 0.2) is 0 Å². The number of imide groups is 1. The van der Waals surface area contributed by atoms with E-state index in [1.54, 1.807) is 0 Å². The number of fused-ring (bicyclic) bond motifs is 7. The molecule has 3 saturated heterocycles. The predicted octanol–water partition coefficient (Wildman–Crippen LogP) is 3.30. The molecule has 2 aromatic carbocycles. The quantitative estimate of drug-likeness (QED) is 0.401. The third-order valence-corrected chi connectivity index (χ3v) is 8.38. The highest BCUT2D eigenvalue weighted by Gasteiger charge is 2.74. The van der Waals surface area contributed by atoms with Crippen molar-refractivity contribution in [1.82, 2.24) is 4.90 Å². The van der Waals surface area contributed by atoms with Crippen LogP contribution in [-0.2, 0) is 19.9 Å². The van der Waals surface area contributed by atoms with Crippen LogP contribution in [0.4, 0.5) is 17.1 Å². The Labute approximate surface area is 199 Å². The van der Waals surface area contributed by atoms with E-state index in [0.717, 1.165) is 34.1 Å². The first-order chi connectivity index (χ1) is 16.2. The highest BCUT2D eigenvalue weighted by molar-refractivity contribution is 6.36. The molecular weight excluding hydrogens is 460 g/mol. The van der Waals surface area contributed by atoms with Crippen molar-refractivity contribution in [2.24, 2.45) is 11.8 Å². The summed E-state index contributed by atoms with van der Waals surface area (Å²) in [5.41, 5.74) is 2.01. The molecule has 9 nitrogen and oxygen atoms in total. The van der Waals surface area contributed by atoms with E-state index >= 15 is 0 Å². The summed E-state index contributed by atoms with van der Waals surface area (Å²) < 4.78 is 0. The van der Waals surface area contributed by atoms with E-state index in [2.05, 4.69) is 10.2 Å². The maximum Gasteiger partial charge on any atom is 0.271 e. The van der Waals surface area contributed by atoms with Gasteiger partial charge in [-0.3, -0.25) is 29.4 Å². The van der Waals surface area contributed by atoms with Gasteiger partial charge < -0.3 is 5.32 Å². The van der Waals surface area contributed by atoms with E-state index in [4.69, 9.17) is 11.6 Å². The van der Waals surface area contributed by atoms with E-state index in [-0.39, 0.29) is 28.3 Å². The Hall–Kier alpha value is -3.30. The van der Waals surface area contributed by atoms with Gasteiger partial charge in [-0.1, -0.05) is 23.7 Å². The van der Waals surface area contributed by atoms with Crippen LogP contribution in [0.25, 0.3) is 0 Å². The lowest BCUT2D eigenvalue weighted by molar-refractivity contribution is -0.384. The van der Waals surface area contributed by atoms with Crippen LogP contribution in [0.3, 0.4) is 0 Å². The number of nitro benzene ring substituents is 1. The molecule has 3 fully saturated rings. The third kappa shape index (κ3) is 2.35. The lowest BCUT2D eigenvalue weighted by Crippen LogP contribution is -2.54. The van der Waals surface area contributed by atoms with E-state index in [1.165, 1.54) is 12.1 Å². The van der Waals surface area contributed by atoms with Crippen molar-refractivity contribution >= 4 is 46.4 Å². The van der Waals surface area contributed by atoms with Gasteiger partial charge in [-0.25, -0.2) is 4.90 Å². The standard InChI is InChI=1S/C24H21ClN4O5/c1-11-5-7-14-20(12(11)2)26-23(32)24(14)19-18(17-4-3-9-27(17)24)21(30)28(22(19)31)16-8-6-13(29(33)34)10-15(16)25/h5-8,10,17-19H,3-4,9H2,1-2H3,(H,26,32)/t17-,18-,19-,24+/m1/s1. The topological polar surface area (TPSA) is 113 Å². The number of nitrogens with one attached hydrogen (secondary N) is 1. The smallest absolute Gasteiger partial charge is 0.271 e. The minimum atomic E-state index is -1.27. The van der Waals surface area contributed by atoms with Gasteiger partial charge >= 0.3 is 0 Å². The zero-order valence-electron chi connectivity index (χ0n) is 18.5. The predicted molar refractivity (Wildman–Crippen MR) is 124 cm³/mol. The van der Waals surface area contributed by atoms with Crippen molar-refractivity contribution < 1.29 is 19.3 Å². The number of hydrogen-bond donors (Lipinski definition) is 1. The fourth-order valence-electron chi connectivity index (χ4n) is 6.55. The number of rotatable bonds is 2. The molecule has 174 valence electrons. The van der Waals surface area contributed by atoms with Crippen molar-refractivity contribution in [3.05, 3.63) is 62.2 Å². The van der Waals surface area contributed by atoms with Crippen LogP contribution < -0.4 is 10.2 Å². The molecule has 4 aliphatic heterocycles. The van der Waals surface area contributed by atoms with Gasteiger partial charge in [0, 0.05) is 29.4 Å². The van der Waals surface area contributed by atoms with Crippen LogP contribution in [0.1, 0.15) is 29.5 Å². The average Bonchev–Trinajstić information content (AvgIpc) is 3.50. The monoisotopic (exact) mass is 480 g/mol. The lowest BCUT2D eigenvalue weighted by atomic mass is 9.75. The van der Waals surface area contributed by atoms with Gasteiger partial charge in [0.05, 0.1) is 27.5 Å². The lowest BCUT2D eigenvalue weighted by Gasteiger charge is -2.36. The van der Waals surface area contributed by atoms with Crippen LogP contribution >= 0.6 is 11.6 Å². The third-order valence-electron chi connectivity index (χ3n) is 8.08. The number of aryl methyl sites for hydroxylation is 1. The number of nitrogens with zero attached hydrogens (tertiary/aromatic N) is 3. The molecule has 4 atom stereocenters. The number of hydrogen-bond acceptors (Lipinski definition) is 6. The molecule has 0 aliphatic carbocycles. The second-order valence-electron chi connectivity index (χ2n) is 9.46. The van der Waals surface area contributed by atoms with Gasteiger partial charge in [-0.2, -0.15) is 0 Å². The number of amides is 3. The molecule has 4 heterocycles. The van der Waals surface area contributed by atoms with E-state index in [0.29, 0.717) is 18.7 Å². The summed E-state index contributed by atoms with van der Waals surface area (Å²) in [4.78, 5) is 55.1. The average molecular weight is 481 g/mol. The number of benzene rings is 2. The molecule has 0 bridgehead atoms. The number of non-ortho nitro benzene ring substituents is 1. The summed E-state index contributed by atoms with van der Waals surface area (Å²) in [7, 11) is 0. The Kier molecular flexibility index (Phi) is 4.29. The Morgan fingerprint density at radius 2 is 1.91 bits per heavy atom. The minimum Gasteiger partial charge on any atom is -0.324 e. The molecule has 34 heavy (non-hydrogen) atoms. The number of anilines is 2. The number of carbonyl (C=O) groups excluding carboxylic acids is 3. The summed E-state index contributed by atoms with van der Waals surface area (Å²) in [6.45, 7) is 4.52. The number of carbonyl (C=O) groups is 3. The second-order valence-corrected chi connectivity index (χ2v) is 9.87. The summed E-state index contributed by atoms with van der Waals surface area (Å²) in [5.74, 6) is -2.79. The van der Waals surface area contributed by atoms with Crippen LogP contribution in [0.5, 0.6) is 0 Å². The van der Waals surface area contributed by atoms with Crippen molar-refractivity contribution in [3.8, 4) is 0 Å². The maximum atomic E-state index is 14.0. The van der Waals surface area contributed by atoms with Gasteiger partial charge in [-0.15, -0.1) is 0 Å². The van der Waals surface area contributed by atoms with Crippen molar-refractivity contribution in [2.45, 2.75) is 38.3 Å². The van der Waals surface area contributed by atoms with Gasteiger partial charge in [-0.05, 0) is 50.4 Å². The summed E-state index contributed by atoms with van der Waals surface area (Å²) >= 11 is 6.31. The molecular formula is C24H21ClN4O5. The van der Waals surface area contributed by atoms with Crippen molar-refractivity contribution in [2.75, 3.05) is 16.8 Å². The Morgan fingerprint density at radius 1 is 1.15 bits per heavy atom. The number of halogens is 1. The van der Waals surface area contributed by atoms with Crippen LogP contribution in [0.15, 0.2) is 30.3 Å². The Bertz CT molecular complexity index is 1340. The maximum absolute atomic E-state index is 14.0. The molecule has 3 amide bonds. The fourth-order valence-corrected chi connectivity index (χ4v) is 6.81. The van der Waals surface area contributed by atoms with E-state index in [9.17, 15) is 24.5 Å². The summed E-state index contributed by atoms with van der Waals surface area (Å²) in [6, 6.07) is 7.27. The van der Waals surface area contributed by atoms with Crippen LogP contribution in [-0.4, -0.2) is 40.1 Å². The van der Waals surface area contributed by atoms with E-state index < -0.39 is 34.1 Å². The summed E-state index contributed by atoms with van der Waals surface area (Å²) in [6.07, 6.45) is 1.53. The number of nitro groups is 1. The first kappa shape index (κ1) is 21.2. The normalized spacial score (nSPS) is 29.6. The summed E-state index contributed by atoms with van der Waals surface area (Å²) in [5, 5.41) is 14.1. The molecule has 4 aliphatic rings. The van der Waals surface area contributed by atoms with Gasteiger partial charge in [0.2, 0.25) is 17.7 Å². The zero-order chi connectivity index (χ0) is 24.1. The molecule has 10 heteroatoms. The fraction of sp³-hybridized carbons (Fsp3) is 0.375. The van der Waals surface area contributed by atoms with Crippen molar-refractivity contribution in [3.63, 3.8) is 0 Å². The highest BCUT2D eigenvalue weighted by atomic mass is 35.5. The Morgan fingerprint density at radius 3 is 2.62 bits per heavy atom. The van der Waals surface area contributed by atoms with Crippen molar-refractivity contribution in [1.29, 1.82) is 0 Å². The first-order valence-corrected chi connectivity index (χ1v) is 11.6. The molecule has 0 unspecified atom stereocenters. The van der Waals surface area contributed by atoms with Crippen LogP contribution in [0, 0.1) is 35.8 Å². The van der Waals surface area contributed by atoms with Gasteiger partial charge in [0.25, 0.3) is 5.69 Å². The molecule has 6 rings (SSSR count). The Balaban J connectivity index is 1.54. The molecule has 2 aromatic rings. The zero-order valence-corrected chi connectivity index (χ0v) is 19.3. The van der Waals surface area contributed by atoms with E-state index in [1.807, 2.05) is 26.0 Å². The molecule has 0 radical (unpaired) electrons. The minimum absolute atomic E-state index is 0.0593. The highest BCUT2D eigenvalue weighted by Crippen LogP contribution is 2.61. The second kappa shape index (κ2) is 6.86. The first-order valence-electron chi connectivity index (χ1n) is 11.2. The molecule has 0 aromatic heterocycles. The largest absolute Gasteiger partial charge is 0.324 e. The van der Waals surface area contributed by atoms with Gasteiger partial charge in [0.1, 0.15) is 5.54 Å². The molecule has 0 saturated carbocycles. The molecule has 1 spiro atoms. The van der Waals surface area contributed by atoms with Crippen LogP contribution in [0.2, 0.25) is 5.02 Å².